The van der Waals surface area contributed by atoms with Crippen molar-refractivity contribution in [1.82, 2.24) is 0 Å². The van der Waals surface area contributed by atoms with Gasteiger partial charge in [0.15, 0.2) is 6.10 Å². The topological polar surface area (TPSA) is 78.9 Å². The predicted octanol–water partition coefficient (Wildman–Crippen LogP) is 15.5. The number of carbonyl (C=O) groups excluding carboxylic acids is 3. The maximum atomic E-state index is 12.7. The summed E-state index contributed by atoms with van der Waals surface area (Å²) in [6, 6.07) is 0. The average Bonchev–Trinajstić information content (AvgIpc) is 3.22. The van der Waals surface area contributed by atoms with Crippen LogP contribution >= 0.6 is 0 Å². The van der Waals surface area contributed by atoms with Crippen molar-refractivity contribution in [2.45, 2.75) is 226 Å². The molecule has 0 heterocycles. The van der Waals surface area contributed by atoms with Gasteiger partial charge in [0.2, 0.25) is 0 Å². The summed E-state index contributed by atoms with van der Waals surface area (Å²) in [6.45, 7) is 6.39. The predicted molar refractivity (Wildman–Crippen MR) is 247 cm³/mol. The first-order valence-electron chi connectivity index (χ1n) is 24.0. The van der Waals surface area contributed by atoms with Crippen molar-refractivity contribution < 1.29 is 28.6 Å². The number of allylic oxidation sites excluding steroid dienone is 12. The van der Waals surface area contributed by atoms with Crippen LogP contribution in [0, 0.1) is 0 Å². The molecular weight excluding hydrogens is 721 g/mol. The first kappa shape index (κ1) is 54.9. The fourth-order valence-corrected chi connectivity index (χ4v) is 6.47. The van der Waals surface area contributed by atoms with E-state index < -0.39 is 6.10 Å². The molecule has 1 atom stereocenters. The molecule has 0 aliphatic rings. The molecule has 0 bridgehead atoms. The monoisotopic (exact) mass is 809 g/mol. The lowest BCUT2D eigenvalue weighted by Gasteiger charge is -2.18. The van der Waals surface area contributed by atoms with Gasteiger partial charge in [-0.2, -0.15) is 0 Å². The van der Waals surface area contributed by atoms with Crippen LogP contribution in [0.4, 0.5) is 0 Å². The molecule has 0 rings (SSSR count). The minimum Gasteiger partial charge on any atom is -0.462 e. The lowest BCUT2D eigenvalue weighted by molar-refractivity contribution is -0.167. The van der Waals surface area contributed by atoms with Gasteiger partial charge in [-0.05, 0) is 57.8 Å². The van der Waals surface area contributed by atoms with E-state index in [1.807, 2.05) is 48.6 Å². The van der Waals surface area contributed by atoms with E-state index in [9.17, 15) is 14.4 Å². The average molecular weight is 809 g/mol. The third-order valence-corrected chi connectivity index (χ3v) is 10.1. The van der Waals surface area contributed by atoms with Crippen LogP contribution in [0.1, 0.15) is 220 Å². The molecule has 0 radical (unpaired) electrons. The van der Waals surface area contributed by atoms with Gasteiger partial charge in [-0.1, -0.05) is 216 Å². The molecule has 0 fully saturated rings. The lowest BCUT2D eigenvalue weighted by Crippen LogP contribution is -2.30. The third-order valence-electron chi connectivity index (χ3n) is 10.1. The lowest BCUT2D eigenvalue weighted by atomic mass is 10.0. The first-order chi connectivity index (χ1) is 28.5. The van der Waals surface area contributed by atoms with Gasteiger partial charge in [-0.25, -0.2) is 0 Å². The molecule has 0 saturated carbocycles. The Morgan fingerprint density at radius 3 is 1.19 bits per heavy atom. The second-order valence-corrected chi connectivity index (χ2v) is 15.8. The van der Waals surface area contributed by atoms with Crippen molar-refractivity contribution in [1.29, 1.82) is 0 Å². The van der Waals surface area contributed by atoms with Crippen molar-refractivity contribution in [3.8, 4) is 0 Å². The number of hydrogen-bond acceptors (Lipinski definition) is 6. The summed E-state index contributed by atoms with van der Waals surface area (Å²) >= 11 is 0. The van der Waals surface area contributed by atoms with Gasteiger partial charge in [0.05, 0.1) is 0 Å². The molecule has 0 aromatic heterocycles. The van der Waals surface area contributed by atoms with E-state index in [0.717, 1.165) is 57.8 Å². The molecule has 6 heteroatoms. The Morgan fingerprint density at radius 1 is 0.362 bits per heavy atom. The van der Waals surface area contributed by atoms with E-state index in [4.69, 9.17) is 14.2 Å². The summed E-state index contributed by atoms with van der Waals surface area (Å²) < 4.78 is 16.7. The Bertz CT molecular complexity index is 1110. The molecule has 0 aromatic carbocycles. The highest BCUT2D eigenvalue weighted by molar-refractivity contribution is 5.71. The molecule has 1 unspecified atom stereocenters. The van der Waals surface area contributed by atoms with Gasteiger partial charge < -0.3 is 14.2 Å². The Labute approximate surface area is 357 Å². The Balaban J connectivity index is 4.43. The molecule has 0 aliphatic carbocycles. The highest BCUT2D eigenvalue weighted by atomic mass is 16.6. The number of esters is 3. The van der Waals surface area contributed by atoms with Crippen LogP contribution in [-0.4, -0.2) is 37.2 Å². The highest BCUT2D eigenvalue weighted by Gasteiger charge is 2.19. The summed E-state index contributed by atoms with van der Waals surface area (Å²) in [5.41, 5.74) is 0. The SMILES string of the molecule is CC\C=C/C=C\C=C/C=C\C=C/CCCCCC(=O)OC(COC(=O)CCC/C=C\CCCCCC)COC(=O)CCCCCCCCCCCCCCCCCC. The summed E-state index contributed by atoms with van der Waals surface area (Å²) in [4.78, 5) is 37.7. The third kappa shape index (κ3) is 44.0. The summed E-state index contributed by atoms with van der Waals surface area (Å²) in [7, 11) is 0. The van der Waals surface area contributed by atoms with Gasteiger partial charge in [0.1, 0.15) is 13.2 Å². The summed E-state index contributed by atoms with van der Waals surface area (Å²) in [6.07, 6.45) is 57.5. The van der Waals surface area contributed by atoms with E-state index in [-0.39, 0.29) is 37.5 Å². The Morgan fingerprint density at radius 2 is 0.707 bits per heavy atom. The Hall–Kier alpha value is -3.15. The van der Waals surface area contributed by atoms with Gasteiger partial charge in [-0.3, -0.25) is 14.4 Å². The van der Waals surface area contributed by atoms with Gasteiger partial charge in [0.25, 0.3) is 0 Å². The molecule has 332 valence electrons. The largest absolute Gasteiger partial charge is 0.462 e. The van der Waals surface area contributed by atoms with E-state index >= 15 is 0 Å². The van der Waals surface area contributed by atoms with Gasteiger partial charge >= 0.3 is 17.9 Å². The first-order valence-corrected chi connectivity index (χ1v) is 24.0. The molecule has 6 nitrogen and oxygen atoms in total. The Kier molecular flexibility index (Phi) is 44.0. The zero-order valence-electron chi connectivity index (χ0n) is 37.8. The second kappa shape index (κ2) is 46.5. The van der Waals surface area contributed by atoms with Crippen LogP contribution in [0.5, 0.6) is 0 Å². The van der Waals surface area contributed by atoms with Crippen LogP contribution in [0.25, 0.3) is 0 Å². The van der Waals surface area contributed by atoms with Crippen molar-refractivity contribution >= 4 is 17.9 Å². The molecule has 0 aromatic rings. The van der Waals surface area contributed by atoms with Crippen LogP contribution in [0.3, 0.4) is 0 Å². The van der Waals surface area contributed by atoms with Crippen molar-refractivity contribution in [2.75, 3.05) is 13.2 Å². The summed E-state index contributed by atoms with van der Waals surface area (Å²) in [5, 5.41) is 0. The van der Waals surface area contributed by atoms with Crippen LogP contribution in [0.2, 0.25) is 0 Å². The second-order valence-electron chi connectivity index (χ2n) is 15.8. The van der Waals surface area contributed by atoms with Crippen molar-refractivity contribution in [3.05, 3.63) is 72.9 Å². The number of ether oxygens (including phenoxy) is 3. The van der Waals surface area contributed by atoms with Gasteiger partial charge in [-0.15, -0.1) is 0 Å². The standard InChI is InChI=1S/C52H88O6/c1-4-7-10-13-16-19-21-23-25-27-28-30-33-36-39-42-45-51(54)57-48-49(47-56-50(53)44-41-38-35-32-18-15-12-9-6-3)58-52(55)46-43-40-37-34-31-29-26-24-22-20-17-14-11-8-5-2/h8,11,14,17,20,22,24,26,29,31-32,35,49H,4-7,9-10,12-13,15-16,18-19,21,23,25,27-28,30,33-34,36-48H2,1-3H3/b11-8-,17-14-,22-20-,26-24-,31-29-,35-32-. The quantitative estimate of drug-likeness (QED) is 0.0201. The maximum absolute atomic E-state index is 12.7. The van der Waals surface area contributed by atoms with Crippen molar-refractivity contribution in [3.63, 3.8) is 0 Å². The van der Waals surface area contributed by atoms with Crippen LogP contribution in [-0.2, 0) is 28.6 Å². The minimum absolute atomic E-state index is 0.100. The maximum Gasteiger partial charge on any atom is 0.306 e. The molecule has 0 amide bonds. The number of hydrogen-bond donors (Lipinski definition) is 0. The molecule has 0 saturated heterocycles. The molecule has 0 aliphatic heterocycles. The fourth-order valence-electron chi connectivity index (χ4n) is 6.47. The number of rotatable bonds is 42. The van der Waals surface area contributed by atoms with Crippen LogP contribution < -0.4 is 0 Å². The summed E-state index contributed by atoms with van der Waals surface area (Å²) in [5.74, 6) is -0.981. The molecule has 0 spiro atoms. The number of unbranched alkanes of at least 4 members (excludes halogenated alkanes) is 23. The smallest absolute Gasteiger partial charge is 0.306 e. The van der Waals surface area contributed by atoms with E-state index in [1.54, 1.807) is 0 Å². The molecule has 58 heavy (non-hydrogen) atoms. The van der Waals surface area contributed by atoms with E-state index in [1.165, 1.54) is 109 Å². The normalized spacial score (nSPS) is 12.7. The van der Waals surface area contributed by atoms with E-state index in [2.05, 4.69) is 45.1 Å². The number of carbonyl (C=O) groups is 3. The minimum atomic E-state index is -0.804. The molecule has 0 N–H and O–H groups in total. The molecular formula is C52H88O6. The van der Waals surface area contributed by atoms with E-state index in [0.29, 0.717) is 25.7 Å². The zero-order valence-corrected chi connectivity index (χ0v) is 37.8. The highest BCUT2D eigenvalue weighted by Crippen LogP contribution is 2.15. The van der Waals surface area contributed by atoms with Gasteiger partial charge in [0, 0.05) is 19.3 Å². The van der Waals surface area contributed by atoms with Crippen LogP contribution in [0.15, 0.2) is 72.9 Å². The van der Waals surface area contributed by atoms with Crippen molar-refractivity contribution in [2.24, 2.45) is 0 Å². The zero-order chi connectivity index (χ0) is 42.3. The fraction of sp³-hybridized carbons (Fsp3) is 0.712.